The quantitative estimate of drug-likeness (QED) is 0.603. The van der Waals surface area contributed by atoms with Crippen LogP contribution in [0.2, 0.25) is 0 Å². The normalized spacial score (nSPS) is 20.7. The number of hydrogen-bond donors (Lipinski definition) is 0. The van der Waals surface area contributed by atoms with Crippen LogP contribution in [0.5, 0.6) is 0 Å². The van der Waals surface area contributed by atoms with Crippen LogP contribution in [0.4, 0.5) is 0 Å². The molecule has 1 aromatic heterocycles. The molecule has 2 aliphatic rings. The van der Waals surface area contributed by atoms with E-state index in [9.17, 15) is 8.42 Å². The Kier molecular flexibility index (Phi) is 6.84. The van der Waals surface area contributed by atoms with Crippen molar-refractivity contribution in [3.05, 3.63) is 41.2 Å². The summed E-state index contributed by atoms with van der Waals surface area (Å²) in [4.78, 5) is 5.09. The molecule has 1 atom stereocenters. The summed E-state index contributed by atoms with van der Waals surface area (Å²) in [5.41, 5.74) is 3.16. The molecule has 0 unspecified atom stereocenters. The minimum atomic E-state index is -3.49. The van der Waals surface area contributed by atoms with Crippen molar-refractivity contribution < 1.29 is 17.9 Å². The molecule has 0 amide bonds. The largest absolute Gasteiger partial charge is 0.379 e. The summed E-state index contributed by atoms with van der Waals surface area (Å²) < 4.78 is 40.7. The van der Waals surface area contributed by atoms with Crippen molar-refractivity contribution in [2.24, 2.45) is 0 Å². The number of thioether (sulfide) groups is 1. The van der Waals surface area contributed by atoms with E-state index in [1.807, 2.05) is 19.1 Å². The monoisotopic (exact) mass is 451 g/mol. The molecule has 0 N–H and O–H groups in total. The van der Waals surface area contributed by atoms with Crippen LogP contribution in [0.1, 0.15) is 29.8 Å². The van der Waals surface area contributed by atoms with Gasteiger partial charge in [0.1, 0.15) is 0 Å². The average molecular weight is 452 g/mol. The first-order valence-electron chi connectivity index (χ1n) is 10.4. The van der Waals surface area contributed by atoms with Crippen molar-refractivity contribution >= 4 is 21.8 Å². The number of aromatic nitrogens is 2. The van der Waals surface area contributed by atoms with Crippen molar-refractivity contribution in [3.63, 3.8) is 0 Å². The predicted octanol–water partition coefficient (Wildman–Crippen LogP) is 2.99. The Morgan fingerprint density at radius 2 is 2.00 bits per heavy atom. The number of nitrogens with zero attached hydrogens (tertiary/aromatic N) is 3. The highest BCUT2D eigenvalue weighted by molar-refractivity contribution is 7.98. The molecule has 2 fully saturated rings. The molecule has 9 heteroatoms. The maximum Gasteiger partial charge on any atom is 0.243 e. The van der Waals surface area contributed by atoms with Gasteiger partial charge in [0.25, 0.3) is 0 Å². The number of morpholine rings is 1. The van der Waals surface area contributed by atoms with Crippen LogP contribution >= 0.6 is 11.8 Å². The van der Waals surface area contributed by atoms with E-state index in [4.69, 9.17) is 14.5 Å². The lowest BCUT2D eigenvalue weighted by atomic mass is 10.2. The summed E-state index contributed by atoms with van der Waals surface area (Å²) >= 11 is 1.64. The van der Waals surface area contributed by atoms with Gasteiger partial charge in [0.2, 0.25) is 10.0 Å². The van der Waals surface area contributed by atoms with Crippen LogP contribution in [0, 0.1) is 13.8 Å². The lowest BCUT2D eigenvalue weighted by molar-refractivity contribution is 0.0730. The molecule has 2 aliphatic heterocycles. The second-order valence-corrected chi connectivity index (χ2v) is 10.6. The number of sulfonamides is 1. The van der Waals surface area contributed by atoms with Crippen LogP contribution in [0.25, 0.3) is 0 Å². The van der Waals surface area contributed by atoms with Gasteiger partial charge in [-0.3, -0.25) is 0 Å². The molecule has 164 valence electrons. The Balaban J connectivity index is 1.48. The zero-order valence-electron chi connectivity index (χ0n) is 17.5. The van der Waals surface area contributed by atoms with Gasteiger partial charge in [-0.05, 0) is 44.4 Å². The second kappa shape index (κ2) is 9.40. The molecule has 0 aliphatic carbocycles. The van der Waals surface area contributed by atoms with E-state index < -0.39 is 10.0 Å². The smallest absolute Gasteiger partial charge is 0.243 e. The van der Waals surface area contributed by atoms with E-state index in [0.29, 0.717) is 37.0 Å². The van der Waals surface area contributed by atoms with Crippen molar-refractivity contribution in [2.75, 3.05) is 32.9 Å². The number of imidazole rings is 1. The third kappa shape index (κ3) is 4.75. The minimum absolute atomic E-state index is 0.249. The highest BCUT2D eigenvalue weighted by Gasteiger charge is 2.26. The van der Waals surface area contributed by atoms with Gasteiger partial charge in [-0.2, -0.15) is 4.31 Å². The SMILES string of the molecule is Cc1nc(SCc2cccc(S(=O)(=O)N3CCOCC3)c2)n(C[C@H]2CCCO2)c1C. The Morgan fingerprint density at radius 3 is 2.73 bits per heavy atom. The van der Waals surface area contributed by atoms with Crippen molar-refractivity contribution in [1.29, 1.82) is 0 Å². The van der Waals surface area contributed by atoms with E-state index >= 15 is 0 Å². The number of ether oxygens (including phenoxy) is 2. The topological polar surface area (TPSA) is 73.7 Å². The highest BCUT2D eigenvalue weighted by atomic mass is 32.2. The van der Waals surface area contributed by atoms with E-state index in [2.05, 4.69) is 11.5 Å². The summed E-state index contributed by atoms with van der Waals surface area (Å²) in [5.74, 6) is 0.661. The fourth-order valence-electron chi connectivity index (χ4n) is 3.82. The fourth-order valence-corrected chi connectivity index (χ4v) is 6.34. The molecule has 1 aromatic carbocycles. The molecule has 2 aromatic rings. The first-order chi connectivity index (χ1) is 14.4. The molecule has 0 bridgehead atoms. The third-order valence-electron chi connectivity index (χ3n) is 5.71. The number of hydrogen-bond acceptors (Lipinski definition) is 6. The van der Waals surface area contributed by atoms with E-state index in [1.54, 1.807) is 23.9 Å². The van der Waals surface area contributed by atoms with Gasteiger partial charge in [-0.1, -0.05) is 23.9 Å². The summed E-state index contributed by atoms with van der Waals surface area (Å²) in [5, 5.41) is 0.960. The zero-order valence-corrected chi connectivity index (χ0v) is 19.2. The highest BCUT2D eigenvalue weighted by Crippen LogP contribution is 2.28. The maximum atomic E-state index is 12.9. The molecular weight excluding hydrogens is 422 g/mol. The van der Waals surface area contributed by atoms with E-state index in [0.717, 1.165) is 48.1 Å². The van der Waals surface area contributed by atoms with Gasteiger partial charge < -0.3 is 14.0 Å². The summed E-state index contributed by atoms with van der Waals surface area (Å²) in [6.45, 7) is 7.48. The lowest BCUT2D eigenvalue weighted by Crippen LogP contribution is -2.40. The molecule has 0 radical (unpaired) electrons. The molecule has 4 rings (SSSR count). The van der Waals surface area contributed by atoms with Crippen molar-refractivity contribution in [2.45, 2.75) is 55.1 Å². The third-order valence-corrected chi connectivity index (χ3v) is 8.65. The Morgan fingerprint density at radius 1 is 1.20 bits per heavy atom. The number of aryl methyl sites for hydroxylation is 1. The molecule has 3 heterocycles. The van der Waals surface area contributed by atoms with Crippen LogP contribution in [-0.4, -0.2) is 61.3 Å². The summed E-state index contributed by atoms with van der Waals surface area (Å²) in [6, 6.07) is 7.24. The van der Waals surface area contributed by atoms with Crippen LogP contribution in [0.15, 0.2) is 34.3 Å². The van der Waals surface area contributed by atoms with Gasteiger partial charge in [0, 0.05) is 31.1 Å². The lowest BCUT2D eigenvalue weighted by Gasteiger charge is -2.26. The second-order valence-electron chi connectivity index (χ2n) is 7.76. The summed E-state index contributed by atoms with van der Waals surface area (Å²) in [6.07, 6.45) is 2.45. The average Bonchev–Trinajstić information content (AvgIpc) is 3.37. The molecule has 30 heavy (non-hydrogen) atoms. The molecule has 7 nitrogen and oxygen atoms in total. The van der Waals surface area contributed by atoms with Gasteiger partial charge >= 0.3 is 0 Å². The van der Waals surface area contributed by atoms with Gasteiger partial charge in [0.15, 0.2) is 5.16 Å². The minimum Gasteiger partial charge on any atom is -0.379 e. The first-order valence-corrected chi connectivity index (χ1v) is 12.8. The Bertz CT molecular complexity index is 978. The summed E-state index contributed by atoms with van der Waals surface area (Å²) in [7, 11) is -3.49. The Labute approximate surface area is 182 Å². The zero-order chi connectivity index (χ0) is 21.1. The molecule has 0 saturated carbocycles. The van der Waals surface area contributed by atoms with Gasteiger partial charge in [0.05, 0.1) is 36.5 Å². The molecular formula is C21H29N3O4S2. The maximum absolute atomic E-state index is 12.9. The van der Waals surface area contributed by atoms with Crippen LogP contribution in [0.3, 0.4) is 0 Å². The van der Waals surface area contributed by atoms with Crippen molar-refractivity contribution in [3.8, 4) is 0 Å². The van der Waals surface area contributed by atoms with Gasteiger partial charge in [-0.15, -0.1) is 0 Å². The Hall–Kier alpha value is -1.39. The van der Waals surface area contributed by atoms with Crippen LogP contribution < -0.4 is 0 Å². The van der Waals surface area contributed by atoms with Gasteiger partial charge in [-0.25, -0.2) is 13.4 Å². The fraction of sp³-hybridized carbons (Fsp3) is 0.571. The van der Waals surface area contributed by atoms with Crippen LogP contribution in [-0.2, 0) is 31.8 Å². The van der Waals surface area contributed by atoms with E-state index in [-0.39, 0.29) is 6.10 Å². The molecule has 2 saturated heterocycles. The first kappa shape index (κ1) is 21.8. The number of rotatable bonds is 7. The van der Waals surface area contributed by atoms with Crippen molar-refractivity contribution in [1.82, 2.24) is 13.9 Å². The standard InChI is InChI=1S/C21H29N3O4S2/c1-16-17(2)24(14-19-6-4-10-28-19)21(22-16)29-15-18-5-3-7-20(13-18)30(25,26)23-8-11-27-12-9-23/h3,5,7,13,19H,4,6,8-12,14-15H2,1-2H3/t19-/m1/s1. The van der Waals surface area contributed by atoms with E-state index in [1.165, 1.54) is 4.31 Å². The number of benzene rings is 1. The molecule has 0 spiro atoms. The predicted molar refractivity (Wildman–Crippen MR) is 116 cm³/mol.